The van der Waals surface area contributed by atoms with Crippen LogP contribution in [0.4, 0.5) is 4.79 Å². The Labute approximate surface area is 179 Å². The van der Waals surface area contributed by atoms with Crippen LogP contribution in [0, 0.1) is 5.41 Å². The lowest BCUT2D eigenvalue weighted by Gasteiger charge is -2.29. The molecule has 2 unspecified atom stereocenters. The van der Waals surface area contributed by atoms with Gasteiger partial charge >= 0.3 is 6.03 Å². The van der Waals surface area contributed by atoms with Crippen molar-refractivity contribution in [2.45, 2.75) is 83.8 Å². The minimum Gasteiger partial charge on any atom is -0.368 e. The Morgan fingerprint density at radius 1 is 1.03 bits per heavy atom. The molecule has 0 aromatic carbocycles. The number of likely N-dealkylation sites (N-methyl/N-ethyl adjacent to an activating group) is 1. The first kappa shape index (κ1) is 24.0. The molecule has 0 aromatic heterocycles. The third-order valence-electron chi connectivity index (χ3n) is 5.63. The average molecular weight is 424 g/mol. The molecule has 2 atom stereocenters. The number of amides is 5. The first-order chi connectivity index (χ1) is 14.0. The number of nitrogens with zero attached hydrogens (tertiary/aromatic N) is 2. The molecule has 1 aliphatic heterocycles. The Bertz CT molecular complexity index is 654. The molecule has 0 radical (unpaired) electrons. The zero-order chi connectivity index (χ0) is 22.5. The van der Waals surface area contributed by atoms with Gasteiger partial charge in [0.05, 0.1) is 12.6 Å². The normalized spacial score (nSPS) is 22.5. The highest BCUT2D eigenvalue weighted by Gasteiger charge is 2.42. The Balaban J connectivity index is 2.04. The quantitative estimate of drug-likeness (QED) is 0.588. The molecule has 1 heterocycles. The molecule has 1 saturated heterocycles. The first-order valence-corrected chi connectivity index (χ1v) is 10.9. The maximum absolute atomic E-state index is 12.9. The number of carbonyl (C=O) groups is 4. The molecule has 5 amide bonds. The standard InChI is InChI=1S/C21H37N5O4/c1-21(2,3)11-18(28)26-12-15(10-16(26)19(29)25(4)13-17(22)27)24-20(30)23-14-8-6-5-7-9-14/h14-16H,5-13H2,1-4H3,(H2,22,27)(H2,23,24,30). The van der Waals surface area contributed by atoms with Crippen LogP contribution in [0.25, 0.3) is 0 Å². The van der Waals surface area contributed by atoms with E-state index in [1.54, 1.807) is 0 Å². The van der Waals surface area contributed by atoms with Crippen molar-refractivity contribution in [3.05, 3.63) is 0 Å². The highest BCUT2D eigenvalue weighted by molar-refractivity contribution is 5.91. The molecule has 9 nitrogen and oxygen atoms in total. The average Bonchev–Trinajstić information content (AvgIpc) is 3.03. The molecular formula is C21H37N5O4. The smallest absolute Gasteiger partial charge is 0.315 e. The fraction of sp³-hybridized carbons (Fsp3) is 0.810. The number of hydrogen-bond acceptors (Lipinski definition) is 4. The van der Waals surface area contributed by atoms with Gasteiger partial charge in [-0.25, -0.2) is 4.79 Å². The molecule has 2 fully saturated rings. The molecule has 0 aromatic rings. The van der Waals surface area contributed by atoms with Crippen LogP contribution in [-0.2, 0) is 14.4 Å². The summed E-state index contributed by atoms with van der Waals surface area (Å²) in [7, 11) is 1.50. The molecular weight excluding hydrogens is 386 g/mol. The first-order valence-electron chi connectivity index (χ1n) is 10.9. The molecule has 9 heteroatoms. The lowest BCUT2D eigenvalue weighted by molar-refractivity contribution is -0.144. The fourth-order valence-electron chi connectivity index (χ4n) is 4.23. The number of nitrogens with two attached hydrogens (primary N) is 1. The van der Waals surface area contributed by atoms with E-state index in [2.05, 4.69) is 10.6 Å². The number of urea groups is 1. The maximum Gasteiger partial charge on any atom is 0.315 e. The Morgan fingerprint density at radius 2 is 1.63 bits per heavy atom. The van der Waals surface area contributed by atoms with Gasteiger partial charge in [-0.05, 0) is 24.7 Å². The summed E-state index contributed by atoms with van der Waals surface area (Å²) in [6, 6.07) is -1.12. The van der Waals surface area contributed by atoms with Gasteiger partial charge in [0.1, 0.15) is 6.04 Å². The van der Waals surface area contributed by atoms with E-state index in [4.69, 9.17) is 5.73 Å². The van der Waals surface area contributed by atoms with E-state index in [9.17, 15) is 19.2 Å². The van der Waals surface area contributed by atoms with Crippen LogP contribution < -0.4 is 16.4 Å². The number of nitrogens with one attached hydrogen (secondary N) is 2. The molecule has 1 saturated carbocycles. The third-order valence-corrected chi connectivity index (χ3v) is 5.63. The van der Waals surface area contributed by atoms with Gasteiger partial charge in [0, 0.05) is 26.1 Å². The van der Waals surface area contributed by atoms with Gasteiger partial charge in [0.15, 0.2) is 0 Å². The summed E-state index contributed by atoms with van der Waals surface area (Å²) >= 11 is 0. The Kier molecular flexibility index (Phi) is 8.09. The van der Waals surface area contributed by atoms with E-state index in [0.29, 0.717) is 6.42 Å². The molecule has 170 valence electrons. The highest BCUT2D eigenvalue weighted by atomic mass is 16.2. The van der Waals surface area contributed by atoms with Crippen molar-refractivity contribution < 1.29 is 19.2 Å². The summed E-state index contributed by atoms with van der Waals surface area (Å²) < 4.78 is 0. The van der Waals surface area contributed by atoms with Gasteiger partial charge in [-0.15, -0.1) is 0 Å². The number of rotatable bonds is 6. The SMILES string of the molecule is CN(CC(N)=O)C(=O)C1CC(NC(=O)NC2CCCCC2)CN1C(=O)CC(C)(C)C. The summed E-state index contributed by atoms with van der Waals surface area (Å²) in [5, 5.41) is 5.94. The second-order valence-corrected chi connectivity index (χ2v) is 9.85. The van der Waals surface area contributed by atoms with Crippen LogP contribution in [0.1, 0.15) is 65.7 Å². The van der Waals surface area contributed by atoms with Crippen LogP contribution in [-0.4, -0.2) is 71.8 Å². The summed E-state index contributed by atoms with van der Waals surface area (Å²) in [6.45, 7) is 5.95. The van der Waals surface area contributed by atoms with Crippen LogP contribution in [0.3, 0.4) is 0 Å². The number of primary amides is 1. The summed E-state index contributed by atoms with van der Waals surface area (Å²) in [5.74, 6) is -1.09. The Morgan fingerprint density at radius 3 is 2.20 bits per heavy atom. The monoisotopic (exact) mass is 423 g/mol. The van der Waals surface area contributed by atoms with E-state index in [0.717, 1.165) is 25.7 Å². The van der Waals surface area contributed by atoms with E-state index < -0.39 is 11.9 Å². The topological polar surface area (TPSA) is 125 Å². The van der Waals surface area contributed by atoms with Crippen molar-refractivity contribution >= 4 is 23.8 Å². The van der Waals surface area contributed by atoms with E-state index in [1.807, 2.05) is 20.8 Å². The van der Waals surface area contributed by atoms with Crippen LogP contribution in [0.5, 0.6) is 0 Å². The minimum absolute atomic E-state index is 0.134. The Hall–Kier alpha value is -2.32. The van der Waals surface area contributed by atoms with Crippen molar-refractivity contribution in [2.75, 3.05) is 20.1 Å². The van der Waals surface area contributed by atoms with Crippen molar-refractivity contribution in [2.24, 2.45) is 11.1 Å². The van der Waals surface area contributed by atoms with Gasteiger partial charge in [-0.3, -0.25) is 14.4 Å². The van der Waals surface area contributed by atoms with Gasteiger partial charge in [0.25, 0.3) is 0 Å². The molecule has 0 bridgehead atoms. The number of hydrogen-bond donors (Lipinski definition) is 3. The largest absolute Gasteiger partial charge is 0.368 e. The molecule has 2 aliphatic rings. The molecule has 2 rings (SSSR count). The predicted octanol–water partition coefficient (Wildman–Crippen LogP) is 0.968. The number of likely N-dealkylation sites (tertiary alicyclic amines) is 1. The number of carbonyl (C=O) groups excluding carboxylic acids is 4. The zero-order valence-electron chi connectivity index (χ0n) is 18.7. The van der Waals surface area contributed by atoms with Crippen LogP contribution >= 0.6 is 0 Å². The van der Waals surface area contributed by atoms with E-state index >= 15 is 0 Å². The van der Waals surface area contributed by atoms with E-state index in [-0.39, 0.29) is 54.9 Å². The van der Waals surface area contributed by atoms with Crippen LogP contribution in [0.2, 0.25) is 0 Å². The van der Waals surface area contributed by atoms with Crippen molar-refractivity contribution in [3.63, 3.8) is 0 Å². The fourth-order valence-corrected chi connectivity index (χ4v) is 4.23. The highest BCUT2D eigenvalue weighted by Crippen LogP contribution is 2.26. The van der Waals surface area contributed by atoms with Crippen molar-refractivity contribution in [1.82, 2.24) is 20.4 Å². The maximum atomic E-state index is 12.9. The van der Waals surface area contributed by atoms with Gasteiger partial charge in [-0.2, -0.15) is 0 Å². The van der Waals surface area contributed by atoms with Crippen molar-refractivity contribution in [1.29, 1.82) is 0 Å². The van der Waals surface area contributed by atoms with Gasteiger partial charge in [-0.1, -0.05) is 40.0 Å². The summed E-state index contributed by atoms with van der Waals surface area (Å²) in [6.07, 6.45) is 6.00. The molecule has 1 aliphatic carbocycles. The molecule has 4 N–H and O–H groups in total. The molecule has 30 heavy (non-hydrogen) atoms. The van der Waals surface area contributed by atoms with E-state index in [1.165, 1.54) is 23.3 Å². The van der Waals surface area contributed by atoms with Gasteiger partial charge in [0.2, 0.25) is 17.7 Å². The summed E-state index contributed by atoms with van der Waals surface area (Å²) in [4.78, 5) is 52.3. The summed E-state index contributed by atoms with van der Waals surface area (Å²) in [5.41, 5.74) is 4.98. The minimum atomic E-state index is -0.718. The molecule has 0 spiro atoms. The second-order valence-electron chi connectivity index (χ2n) is 9.85. The second kappa shape index (κ2) is 10.1. The van der Waals surface area contributed by atoms with Crippen molar-refractivity contribution in [3.8, 4) is 0 Å². The predicted molar refractivity (Wildman–Crippen MR) is 113 cm³/mol. The third kappa shape index (κ3) is 7.18. The lowest BCUT2D eigenvalue weighted by Crippen LogP contribution is -2.49. The van der Waals surface area contributed by atoms with Gasteiger partial charge < -0.3 is 26.2 Å². The lowest BCUT2D eigenvalue weighted by atomic mass is 9.91. The van der Waals surface area contributed by atoms with Crippen LogP contribution in [0.15, 0.2) is 0 Å². The zero-order valence-corrected chi connectivity index (χ0v) is 18.7.